The van der Waals surface area contributed by atoms with Gasteiger partial charge >= 0.3 is 5.97 Å². The summed E-state index contributed by atoms with van der Waals surface area (Å²) in [5.41, 5.74) is 1.14. The Morgan fingerprint density at radius 1 is 1.25 bits per heavy atom. The first kappa shape index (κ1) is 14.4. The number of carbonyl (C=O) groups excluding carboxylic acids is 1. The number of benzene rings is 1. The Morgan fingerprint density at radius 2 is 1.95 bits per heavy atom. The van der Waals surface area contributed by atoms with Crippen LogP contribution in [0, 0.1) is 12.8 Å². The topological polar surface area (TPSA) is 86.6 Å². The van der Waals surface area contributed by atoms with Gasteiger partial charge in [-0.3, -0.25) is 9.59 Å². The molecule has 0 bridgehead atoms. The highest BCUT2D eigenvalue weighted by atomic mass is 16.4. The average Bonchev–Trinajstić information content (AvgIpc) is 2.38. The molecule has 1 aliphatic rings. The minimum atomic E-state index is -0.850. The molecule has 5 nitrogen and oxygen atoms in total. The summed E-state index contributed by atoms with van der Waals surface area (Å²) >= 11 is 0. The van der Waals surface area contributed by atoms with Gasteiger partial charge in [0.15, 0.2) is 0 Å². The smallest absolute Gasteiger partial charge is 0.308 e. The van der Waals surface area contributed by atoms with E-state index in [2.05, 4.69) is 5.32 Å². The lowest BCUT2D eigenvalue weighted by atomic mass is 9.84. The van der Waals surface area contributed by atoms with E-state index in [4.69, 9.17) is 0 Å². The molecule has 1 aliphatic carbocycles. The predicted molar refractivity (Wildman–Crippen MR) is 73.7 cm³/mol. The third kappa shape index (κ3) is 3.10. The van der Waals surface area contributed by atoms with Gasteiger partial charge in [-0.1, -0.05) is 12.8 Å². The van der Waals surface area contributed by atoms with Gasteiger partial charge in [0.1, 0.15) is 5.75 Å². The predicted octanol–water partition coefficient (Wildman–Crippen LogP) is 2.07. The summed E-state index contributed by atoms with van der Waals surface area (Å²) in [4.78, 5) is 23.4. The zero-order valence-electron chi connectivity index (χ0n) is 11.4. The number of carbonyl (C=O) groups is 2. The summed E-state index contributed by atoms with van der Waals surface area (Å²) in [5.74, 6) is -1.52. The number of nitrogens with one attached hydrogen (secondary N) is 1. The number of hydrogen-bond acceptors (Lipinski definition) is 3. The second kappa shape index (κ2) is 5.94. The van der Waals surface area contributed by atoms with Crippen LogP contribution in [0.15, 0.2) is 18.2 Å². The molecule has 1 aromatic rings. The molecule has 1 saturated carbocycles. The molecule has 2 rings (SSSR count). The molecular formula is C15H19NO4. The fourth-order valence-electron chi connectivity index (χ4n) is 2.75. The maximum atomic E-state index is 12.2. The highest BCUT2D eigenvalue weighted by Gasteiger charge is 2.32. The van der Waals surface area contributed by atoms with Crippen molar-refractivity contribution in [1.29, 1.82) is 0 Å². The number of rotatable bonds is 3. The highest BCUT2D eigenvalue weighted by Crippen LogP contribution is 2.25. The summed E-state index contributed by atoms with van der Waals surface area (Å²) in [5, 5.41) is 21.4. The van der Waals surface area contributed by atoms with Crippen molar-refractivity contribution in [3.63, 3.8) is 0 Å². The van der Waals surface area contributed by atoms with Crippen molar-refractivity contribution in [1.82, 2.24) is 5.32 Å². The molecule has 0 radical (unpaired) electrons. The van der Waals surface area contributed by atoms with Gasteiger partial charge in [0.2, 0.25) is 0 Å². The maximum Gasteiger partial charge on any atom is 0.308 e. The summed E-state index contributed by atoms with van der Waals surface area (Å²) in [6.07, 6.45) is 3.12. The lowest BCUT2D eigenvalue weighted by Crippen LogP contribution is -2.45. The molecule has 2 unspecified atom stereocenters. The quantitative estimate of drug-likeness (QED) is 0.789. The Hall–Kier alpha value is -2.04. The Bertz CT molecular complexity index is 527. The van der Waals surface area contributed by atoms with Crippen LogP contribution in [-0.4, -0.2) is 28.1 Å². The minimum absolute atomic E-state index is 0.111. The molecule has 1 fully saturated rings. The van der Waals surface area contributed by atoms with Gasteiger partial charge in [-0.15, -0.1) is 0 Å². The summed E-state index contributed by atoms with van der Waals surface area (Å²) in [7, 11) is 0. The monoisotopic (exact) mass is 277 g/mol. The van der Waals surface area contributed by atoms with Crippen molar-refractivity contribution in [2.24, 2.45) is 5.92 Å². The van der Waals surface area contributed by atoms with Crippen molar-refractivity contribution in [2.45, 2.75) is 38.6 Å². The fraction of sp³-hybridized carbons (Fsp3) is 0.467. The number of aromatic hydroxyl groups is 1. The number of amides is 1. The van der Waals surface area contributed by atoms with E-state index in [1.807, 2.05) is 0 Å². The lowest BCUT2D eigenvalue weighted by molar-refractivity contribution is -0.143. The second-order valence-electron chi connectivity index (χ2n) is 5.31. The molecule has 108 valence electrons. The van der Waals surface area contributed by atoms with Gasteiger partial charge < -0.3 is 15.5 Å². The molecule has 2 atom stereocenters. The average molecular weight is 277 g/mol. The van der Waals surface area contributed by atoms with E-state index < -0.39 is 11.9 Å². The maximum absolute atomic E-state index is 12.2. The molecular weight excluding hydrogens is 258 g/mol. The number of aliphatic carboxylic acids is 1. The van der Waals surface area contributed by atoms with Crippen LogP contribution in [0.25, 0.3) is 0 Å². The standard InChI is InChI=1S/C15H19NO4/c1-9-8-10(17)6-7-11(9)14(18)16-13-5-3-2-4-12(13)15(19)20/h6-8,12-13,17H,2-5H2,1H3,(H,16,18)(H,19,20). The molecule has 20 heavy (non-hydrogen) atoms. The first-order chi connectivity index (χ1) is 9.49. The molecule has 3 N–H and O–H groups in total. The highest BCUT2D eigenvalue weighted by molar-refractivity contribution is 5.96. The van der Waals surface area contributed by atoms with Gasteiger partial charge in [-0.05, 0) is 43.5 Å². The summed E-state index contributed by atoms with van der Waals surface area (Å²) < 4.78 is 0. The Balaban J connectivity index is 2.11. The van der Waals surface area contributed by atoms with E-state index in [1.54, 1.807) is 13.0 Å². The minimum Gasteiger partial charge on any atom is -0.508 e. The van der Waals surface area contributed by atoms with Crippen LogP contribution >= 0.6 is 0 Å². The SMILES string of the molecule is Cc1cc(O)ccc1C(=O)NC1CCCCC1C(=O)O. The largest absolute Gasteiger partial charge is 0.508 e. The van der Waals surface area contributed by atoms with Crippen molar-refractivity contribution < 1.29 is 19.8 Å². The molecule has 1 amide bonds. The Kier molecular flexibility index (Phi) is 4.27. The van der Waals surface area contributed by atoms with Crippen molar-refractivity contribution in [2.75, 3.05) is 0 Å². The van der Waals surface area contributed by atoms with Gasteiger partial charge in [0.25, 0.3) is 5.91 Å². The van der Waals surface area contributed by atoms with Crippen molar-refractivity contribution in [3.8, 4) is 5.75 Å². The van der Waals surface area contributed by atoms with E-state index >= 15 is 0 Å². The zero-order valence-corrected chi connectivity index (χ0v) is 11.4. The molecule has 0 aliphatic heterocycles. The third-order valence-electron chi connectivity index (χ3n) is 3.85. The lowest BCUT2D eigenvalue weighted by Gasteiger charge is -2.29. The first-order valence-electron chi connectivity index (χ1n) is 6.82. The third-order valence-corrected chi connectivity index (χ3v) is 3.85. The fourth-order valence-corrected chi connectivity index (χ4v) is 2.75. The van der Waals surface area contributed by atoms with Crippen LogP contribution in [0.2, 0.25) is 0 Å². The van der Waals surface area contributed by atoms with Crippen LogP contribution < -0.4 is 5.32 Å². The van der Waals surface area contributed by atoms with Gasteiger partial charge in [0, 0.05) is 11.6 Å². The number of carboxylic acids is 1. The summed E-state index contributed by atoms with van der Waals surface area (Å²) in [6, 6.07) is 4.21. The summed E-state index contributed by atoms with van der Waals surface area (Å²) in [6.45, 7) is 1.74. The van der Waals surface area contributed by atoms with E-state index in [0.29, 0.717) is 24.0 Å². The van der Waals surface area contributed by atoms with Gasteiger partial charge in [-0.2, -0.15) is 0 Å². The zero-order chi connectivity index (χ0) is 14.7. The van der Waals surface area contributed by atoms with Gasteiger partial charge in [-0.25, -0.2) is 0 Å². The van der Waals surface area contributed by atoms with Crippen LogP contribution in [0.4, 0.5) is 0 Å². The van der Waals surface area contributed by atoms with Crippen LogP contribution in [-0.2, 0) is 4.79 Å². The van der Waals surface area contributed by atoms with Crippen LogP contribution in [0.5, 0.6) is 5.75 Å². The van der Waals surface area contributed by atoms with E-state index in [0.717, 1.165) is 12.8 Å². The number of carboxylic acid groups (broad SMARTS) is 1. The number of aryl methyl sites for hydroxylation is 1. The molecule has 0 heterocycles. The molecule has 0 spiro atoms. The molecule has 5 heteroatoms. The van der Waals surface area contributed by atoms with Crippen LogP contribution in [0.3, 0.4) is 0 Å². The molecule has 1 aromatic carbocycles. The van der Waals surface area contributed by atoms with Gasteiger partial charge in [0.05, 0.1) is 5.92 Å². The van der Waals surface area contributed by atoms with Crippen molar-refractivity contribution in [3.05, 3.63) is 29.3 Å². The van der Waals surface area contributed by atoms with E-state index in [-0.39, 0.29) is 17.7 Å². The number of hydrogen-bond donors (Lipinski definition) is 3. The Morgan fingerprint density at radius 3 is 2.60 bits per heavy atom. The van der Waals surface area contributed by atoms with E-state index in [1.165, 1.54) is 12.1 Å². The second-order valence-corrected chi connectivity index (χ2v) is 5.31. The van der Waals surface area contributed by atoms with Crippen LogP contribution in [0.1, 0.15) is 41.6 Å². The molecule has 0 saturated heterocycles. The normalized spacial score (nSPS) is 22.2. The first-order valence-corrected chi connectivity index (χ1v) is 6.82. The van der Waals surface area contributed by atoms with E-state index in [9.17, 15) is 19.8 Å². The van der Waals surface area contributed by atoms with Crippen molar-refractivity contribution >= 4 is 11.9 Å². The number of phenols is 1. The Labute approximate surface area is 117 Å². The number of phenolic OH excluding ortho intramolecular Hbond substituents is 1. The molecule has 0 aromatic heterocycles.